The minimum absolute atomic E-state index is 0.0561. The highest BCUT2D eigenvalue weighted by Gasteiger charge is 2.44. The molecule has 2 aliphatic heterocycles. The molecule has 1 saturated carbocycles. The SMILES string of the molecule is CO[C@H]1/C=C\C[C@H](C)CS(=O)(NC(=O)c2cn(C)nc2C#CC(C)(C)O)=NC(=O)c2ccc3c(c2)N(C[C@@H]2CC[C@H]21)C[C@@]1(CCCc2cc(Cl)ccc21)CO3. The standard InChI is InChI=1S/C42H50ClN5O6S/c1-27-8-6-10-37(53-5)32-14-11-30(32)22-48-25-42(18-7-9-28-20-31(43)13-15-34(28)42)26-54-38-16-12-29(21-36(38)48)39(49)45-55(52,24-27)46-40(50)33-23-47(4)44-35(33)17-19-41(2,3)51/h6,10,12-13,15-16,20-21,23,27,30,32,37,51H,7-9,11,14,18,22,24-26H2,1-5H3,(H,45,46,49,50,52)/b10-6-/t27-,30-,32+,37-,42-,55?/m0/s1. The number of allylic oxidation sites excluding steroid dienone is 1. The molecule has 4 aliphatic rings. The van der Waals surface area contributed by atoms with Crippen molar-refractivity contribution in [3.05, 3.63) is 87.7 Å². The predicted octanol–water partition coefficient (Wildman–Crippen LogP) is 6.26. The summed E-state index contributed by atoms with van der Waals surface area (Å²) in [5.74, 6) is 5.05. The number of aryl methyl sites for hydroxylation is 2. The zero-order chi connectivity index (χ0) is 39.1. The van der Waals surface area contributed by atoms with E-state index in [9.17, 15) is 18.9 Å². The molecule has 2 aliphatic carbocycles. The molecule has 13 heteroatoms. The molecule has 6 atom stereocenters. The van der Waals surface area contributed by atoms with E-state index in [-0.39, 0.29) is 40.0 Å². The van der Waals surface area contributed by atoms with Gasteiger partial charge in [0.25, 0.3) is 11.8 Å². The van der Waals surface area contributed by atoms with Crippen LogP contribution in [0.15, 0.2) is 59.1 Å². The smallest absolute Gasteiger partial charge is 0.286 e. The molecule has 7 rings (SSSR count). The third-order valence-electron chi connectivity index (χ3n) is 11.3. The number of nitrogens with zero attached hydrogens (tertiary/aromatic N) is 4. The number of carbonyl (C=O) groups excluding carboxylic acids is 2. The van der Waals surface area contributed by atoms with Gasteiger partial charge in [-0.2, -0.15) is 5.10 Å². The topological polar surface area (TPSA) is 135 Å². The molecule has 292 valence electrons. The number of rotatable bonds is 3. The number of aromatic nitrogens is 2. The van der Waals surface area contributed by atoms with Crippen LogP contribution in [0.2, 0.25) is 5.02 Å². The maximum atomic E-state index is 14.8. The first-order valence-electron chi connectivity index (χ1n) is 19.0. The van der Waals surface area contributed by atoms with E-state index in [1.807, 2.05) is 19.1 Å². The Kier molecular flexibility index (Phi) is 11.0. The zero-order valence-corrected chi connectivity index (χ0v) is 33.7. The molecule has 1 fully saturated rings. The Balaban J connectivity index is 1.29. The van der Waals surface area contributed by atoms with Crippen LogP contribution in [0.3, 0.4) is 0 Å². The van der Waals surface area contributed by atoms with Gasteiger partial charge in [0, 0.05) is 49.4 Å². The van der Waals surface area contributed by atoms with E-state index in [0.717, 1.165) is 49.4 Å². The van der Waals surface area contributed by atoms with Crippen LogP contribution in [0, 0.1) is 29.6 Å². The van der Waals surface area contributed by atoms with Gasteiger partial charge < -0.3 is 19.5 Å². The van der Waals surface area contributed by atoms with Gasteiger partial charge >= 0.3 is 0 Å². The zero-order valence-electron chi connectivity index (χ0n) is 32.1. The van der Waals surface area contributed by atoms with Crippen LogP contribution in [0.25, 0.3) is 0 Å². The fraction of sp³-hybridized carbons (Fsp3) is 0.500. The summed E-state index contributed by atoms with van der Waals surface area (Å²) in [7, 11) is -0.288. The quantitative estimate of drug-likeness (QED) is 0.235. The van der Waals surface area contributed by atoms with Gasteiger partial charge in [-0.25, -0.2) is 4.21 Å². The van der Waals surface area contributed by atoms with E-state index in [2.05, 4.69) is 55.2 Å². The molecule has 2 N–H and O–H groups in total. The van der Waals surface area contributed by atoms with Gasteiger partial charge in [-0.1, -0.05) is 42.7 Å². The molecule has 1 unspecified atom stereocenters. The van der Waals surface area contributed by atoms with Crippen LogP contribution in [-0.2, 0) is 33.5 Å². The normalized spacial score (nSPS) is 28.6. The third-order valence-corrected chi connectivity index (χ3v) is 13.5. The molecule has 1 aromatic heterocycles. The minimum atomic E-state index is -3.67. The number of methoxy groups -OCH3 is 1. The van der Waals surface area contributed by atoms with Crippen LogP contribution in [0.4, 0.5) is 5.69 Å². The first-order valence-corrected chi connectivity index (χ1v) is 21.1. The molecule has 3 heterocycles. The number of benzene rings is 2. The number of carbonyl (C=O) groups is 2. The number of hydrogen-bond donors (Lipinski definition) is 2. The number of hydrogen-bond acceptors (Lipinski definition) is 8. The van der Waals surface area contributed by atoms with Gasteiger partial charge in [0.05, 0.1) is 29.7 Å². The molecule has 0 saturated heterocycles. The largest absolute Gasteiger partial charge is 0.490 e. The van der Waals surface area contributed by atoms with E-state index in [0.29, 0.717) is 37.2 Å². The second-order valence-corrected chi connectivity index (χ2v) is 18.7. The average molecular weight is 788 g/mol. The molecular weight excluding hydrogens is 738 g/mol. The monoisotopic (exact) mass is 787 g/mol. The van der Waals surface area contributed by atoms with Crippen molar-refractivity contribution in [1.82, 2.24) is 14.5 Å². The van der Waals surface area contributed by atoms with Gasteiger partial charge in [0.1, 0.15) is 27.0 Å². The Hall–Kier alpha value is -4.15. The van der Waals surface area contributed by atoms with E-state index >= 15 is 0 Å². The van der Waals surface area contributed by atoms with Crippen LogP contribution in [0.1, 0.15) is 90.4 Å². The highest BCUT2D eigenvalue weighted by Crippen LogP contribution is 2.47. The molecule has 2 aromatic carbocycles. The summed E-state index contributed by atoms with van der Waals surface area (Å²) in [6.45, 7) is 6.89. The van der Waals surface area contributed by atoms with Crippen molar-refractivity contribution in [3.63, 3.8) is 0 Å². The molecule has 1 spiro atoms. The van der Waals surface area contributed by atoms with Crippen LogP contribution in [-0.4, -0.2) is 75.2 Å². The van der Waals surface area contributed by atoms with Crippen molar-refractivity contribution < 1.29 is 28.4 Å². The van der Waals surface area contributed by atoms with Gasteiger partial charge in [0.15, 0.2) is 0 Å². The predicted molar refractivity (Wildman–Crippen MR) is 214 cm³/mol. The number of ether oxygens (including phenoxy) is 2. The number of halogens is 1. The number of anilines is 1. The Morgan fingerprint density at radius 1 is 1.22 bits per heavy atom. The molecule has 3 aromatic rings. The summed E-state index contributed by atoms with van der Waals surface area (Å²) in [6.07, 6.45) is 11.1. The molecule has 2 amide bonds. The van der Waals surface area contributed by atoms with E-state index < -0.39 is 27.3 Å². The highest BCUT2D eigenvalue weighted by molar-refractivity contribution is 7.92. The number of amides is 2. The van der Waals surface area contributed by atoms with Gasteiger partial charge in [0.2, 0.25) is 0 Å². The second kappa shape index (κ2) is 15.4. The summed E-state index contributed by atoms with van der Waals surface area (Å²) < 4.78 is 35.8. The number of fused-ring (bicyclic) bond motifs is 4. The summed E-state index contributed by atoms with van der Waals surface area (Å²) in [6, 6.07) is 11.5. The molecule has 0 radical (unpaired) electrons. The Bertz CT molecular complexity index is 2210. The third kappa shape index (κ3) is 8.50. The van der Waals surface area contributed by atoms with Crippen molar-refractivity contribution >= 4 is 39.0 Å². The fourth-order valence-corrected chi connectivity index (χ4v) is 10.6. The summed E-state index contributed by atoms with van der Waals surface area (Å²) in [5.41, 5.74) is 2.09. The lowest BCUT2D eigenvalue weighted by Crippen LogP contribution is -2.49. The number of aliphatic hydroxyl groups is 1. The second-order valence-electron chi connectivity index (χ2n) is 16.3. The van der Waals surface area contributed by atoms with Crippen molar-refractivity contribution in [2.24, 2.45) is 29.2 Å². The summed E-state index contributed by atoms with van der Waals surface area (Å²) >= 11 is 6.47. The van der Waals surface area contributed by atoms with E-state index in [1.54, 1.807) is 26.3 Å². The lowest BCUT2D eigenvalue weighted by Gasteiger charge is -2.46. The lowest BCUT2D eigenvalue weighted by atomic mass is 9.68. The first kappa shape index (κ1) is 39.1. The average Bonchev–Trinajstić information content (AvgIpc) is 3.42. The van der Waals surface area contributed by atoms with Crippen LogP contribution < -0.4 is 14.4 Å². The molecule has 11 nitrogen and oxygen atoms in total. The van der Waals surface area contributed by atoms with E-state index in [4.69, 9.17) is 21.1 Å². The van der Waals surface area contributed by atoms with Gasteiger partial charge in [-0.05, 0) is 118 Å². The molecule has 2 bridgehead atoms. The highest BCUT2D eigenvalue weighted by atomic mass is 35.5. The first-order chi connectivity index (χ1) is 26.1. The summed E-state index contributed by atoms with van der Waals surface area (Å²) in [5, 5.41) is 15.2. The number of nitrogens with one attached hydrogen (secondary N) is 1. The van der Waals surface area contributed by atoms with Crippen molar-refractivity contribution in [2.75, 3.05) is 37.5 Å². The maximum Gasteiger partial charge on any atom is 0.286 e. The van der Waals surface area contributed by atoms with Gasteiger partial charge in [-0.3, -0.25) is 19.0 Å². The van der Waals surface area contributed by atoms with Crippen LogP contribution >= 0.6 is 11.6 Å². The van der Waals surface area contributed by atoms with Gasteiger partial charge in [-0.15, -0.1) is 4.36 Å². The molecule has 55 heavy (non-hydrogen) atoms. The maximum absolute atomic E-state index is 14.8. The fourth-order valence-electron chi connectivity index (χ4n) is 8.53. The Morgan fingerprint density at radius 2 is 2.04 bits per heavy atom. The van der Waals surface area contributed by atoms with Crippen molar-refractivity contribution in [2.45, 2.75) is 76.4 Å². The minimum Gasteiger partial charge on any atom is -0.490 e. The van der Waals surface area contributed by atoms with Crippen molar-refractivity contribution in [1.29, 1.82) is 0 Å². The molecular formula is C42H50ClN5O6S. The van der Waals surface area contributed by atoms with Crippen LogP contribution in [0.5, 0.6) is 5.75 Å². The Labute approximate surface area is 329 Å². The van der Waals surface area contributed by atoms with Crippen molar-refractivity contribution in [3.8, 4) is 17.6 Å². The summed E-state index contributed by atoms with van der Waals surface area (Å²) in [4.78, 5) is 30.3. The Morgan fingerprint density at radius 3 is 2.78 bits per heavy atom. The lowest BCUT2D eigenvalue weighted by molar-refractivity contribution is 0.0131. The van der Waals surface area contributed by atoms with E-state index in [1.165, 1.54) is 35.9 Å².